The highest BCUT2D eigenvalue weighted by Crippen LogP contribution is 2.38. The summed E-state index contributed by atoms with van der Waals surface area (Å²) in [4.78, 5) is 27.7. The van der Waals surface area contributed by atoms with Crippen LogP contribution in [0.5, 0.6) is 0 Å². The Bertz CT molecular complexity index is 877. The summed E-state index contributed by atoms with van der Waals surface area (Å²) in [6.07, 6.45) is -2.97. The Hall–Kier alpha value is -2.36. The number of aromatic nitrogens is 4. The number of fused-ring (bicyclic) bond motifs is 1. The second-order valence-corrected chi connectivity index (χ2v) is 6.21. The molecule has 25 heavy (non-hydrogen) atoms. The number of hydrogen-bond donors (Lipinski definition) is 1. The lowest BCUT2D eigenvalue weighted by atomic mass is 9.92. The molecule has 7 nitrogen and oxygen atoms in total. The number of carbonyl (C=O) groups is 1. The Balaban J connectivity index is 2.01. The van der Waals surface area contributed by atoms with Gasteiger partial charge in [0.05, 0.1) is 17.5 Å². The number of pyridine rings is 1. The largest absolute Gasteiger partial charge is 0.480 e. The van der Waals surface area contributed by atoms with E-state index in [9.17, 15) is 27.9 Å². The predicted octanol–water partition coefficient (Wildman–Crippen LogP) is 1.89. The first kappa shape index (κ1) is 17.5. The fraction of sp³-hybridized carbons (Fsp3) is 0.429. The van der Waals surface area contributed by atoms with Gasteiger partial charge in [0.15, 0.2) is 0 Å². The van der Waals surface area contributed by atoms with Crippen molar-refractivity contribution in [2.75, 3.05) is 0 Å². The lowest BCUT2D eigenvalue weighted by Gasteiger charge is -2.28. The van der Waals surface area contributed by atoms with Gasteiger partial charge < -0.3 is 5.11 Å². The highest BCUT2D eigenvalue weighted by atomic mass is 35.5. The molecule has 2 aromatic rings. The number of rotatable bonds is 3. The third kappa shape index (κ3) is 3.39. The van der Waals surface area contributed by atoms with E-state index >= 15 is 0 Å². The van der Waals surface area contributed by atoms with E-state index in [-0.39, 0.29) is 12.4 Å². The van der Waals surface area contributed by atoms with E-state index in [1.807, 2.05) is 0 Å². The highest BCUT2D eigenvalue weighted by Gasteiger charge is 2.47. The Morgan fingerprint density at radius 2 is 2.12 bits per heavy atom. The van der Waals surface area contributed by atoms with Crippen molar-refractivity contribution in [3.63, 3.8) is 0 Å². The maximum Gasteiger partial charge on any atom is 0.392 e. The second-order valence-electron chi connectivity index (χ2n) is 5.77. The number of aliphatic carboxylic acids is 1. The highest BCUT2D eigenvalue weighted by molar-refractivity contribution is 6.30. The van der Waals surface area contributed by atoms with Crippen LogP contribution in [-0.2, 0) is 17.8 Å². The molecule has 0 aliphatic carbocycles. The fourth-order valence-corrected chi connectivity index (χ4v) is 3.07. The minimum atomic E-state index is -4.56. The zero-order chi connectivity index (χ0) is 18.4. The Kier molecular flexibility index (Phi) is 4.31. The van der Waals surface area contributed by atoms with Crippen molar-refractivity contribution in [2.45, 2.75) is 31.6 Å². The minimum absolute atomic E-state index is 0.0740. The quantitative estimate of drug-likeness (QED) is 0.883. The Morgan fingerprint density at radius 1 is 1.40 bits per heavy atom. The van der Waals surface area contributed by atoms with E-state index in [1.165, 1.54) is 18.5 Å². The Morgan fingerprint density at radius 3 is 2.72 bits per heavy atom. The zero-order valence-corrected chi connectivity index (χ0v) is 13.3. The van der Waals surface area contributed by atoms with Crippen LogP contribution in [0.2, 0.25) is 5.02 Å². The lowest BCUT2D eigenvalue weighted by Crippen LogP contribution is -2.40. The third-order valence-corrected chi connectivity index (χ3v) is 4.24. The van der Waals surface area contributed by atoms with E-state index in [0.717, 1.165) is 9.25 Å². The summed E-state index contributed by atoms with van der Waals surface area (Å²) in [5.41, 5.74) is -0.257. The molecule has 0 fully saturated rings. The van der Waals surface area contributed by atoms with Gasteiger partial charge in [-0.3, -0.25) is 9.55 Å². The first-order valence-corrected chi connectivity index (χ1v) is 7.61. The molecule has 2 unspecified atom stereocenters. The summed E-state index contributed by atoms with van der Waals surface area (Å²) in [5, 5.41) is 13.5. The molecule has 0 radical (unpaired) electrons. The van der Waals surface area contributed by atoms with Crippen LogP contribution in [0.4, 0.5) is 13.2 Å². The molecule has 0 spiro atoms. The summed E-state index contributed by atoms with van der Waals surface area (Å²) < 4.78 is 40.8. The molecule has 3 heterocycles. The molecule has 2 aromatic heterocycles. The van der Waals surface area contributed by atoms with Gasteiger partial charge in [-0.1, -0.05) is 11.6 Å². The number of alkyl halides is 3. The topological polar surface area (TPSA) is 90.0 Å². The first-order valence-electron chi connectivity index (χ1n) is 7.24. The van der Waals surface area contributed by atoms with Crippen LogP contribution < -0.4 is 5.69 Å². The SMILES string of the molecule is O=C(O)C1CC(C(F)(F)F)Cc2nn(Cc3cncc(Cl)c3)c(=O)n21. The summed E-state index contributed by atoms with van der Waals surface area (Å²) in [6, 6.07) is -0.0684. The van der Waals surface area contributed by atoms with Crippen molar-refractivity contribution >= 4 is 17.6 Å². The van der Waals surface area contributed by atoms with Crippen LogP contribution in [0, 0.1) is 5.92 Å². The summed E-state index contributed by atoms with van der Waals surface area (Å²) in [7, 11) is 0. The van der Waals surface area contributed by atoms with E-state index < -0.39 is 42.6 Å². The normalized spacial score (nSPS) is 20.3. The van der Waals surface area contributed by atoms with Crippen LogP contribution in [0.15, 0.2) is 23.3 Å². The first-order chi connectivity index (χ1) is 11.7. The molecule has 0 saturated carbocycles. The van der Waals surface area contributed by atoms with Crippen LogP contribution in [0.25, 0.3) is 0 Å². The molecule has 0 saturated heterocycles. The maximum absolute atomic E-state index is 13.0. The van der Waals surface area contributed by atoms with Crippen molar-refractivity contribution in [3.05, 3.63) is 45.4 Å². The molecule has 3 rings (SSSR count). The molecule has 0 aromatic carbocycles. The van der Waals surface area contributed by atoms with E-state index in [1.54, 1.807) is 0 Å². The third-order valence-electron chi connectivity index (χ3n) is 4.03. The number of nitrogens with zero attached hydrogens (tertiary/aromatic N) is 4. The van der Waals surface area contributed by atoms with Crippen LogP contribution in [0.3, 0.4) is 0 Å². The van der Waals surface area contributed by atoms with Gasteiger partial charge in [0, 0.05) is 18.8 Å². The van der Waals surface area contributed by atoms with Crippen LogP contribution in [-0.4, -0.2) is 36.6 Å². The zero-order valence-electron chi connectivity index (χ0n) is 12.6. The van der Waals surface area contributed by atoms with Crippen molar-refractivity contribution in [1.82, 2.24) is 19.3 Å². The van der Waals surface area contributed by atoms with Gasteiger partial charge in [-0.05, 0) is 18.1 Å². The van der Waals surface area contributed by atoms with Gasteiger partial charge in [-0.15, -0.1) is 0 Å². The standard InChI is InChI=1S/C14H12ClF3N4O3/c15-9-1-7(4-19-5-9)6-21-13(25)22-10(12(23)24)2-8(14(16,17)18)3-11(22)20-21/h1,4-5,8,10H,2-3,6H2,(H,23,24). The molecule has 2 atom stereocenters. The number of halogens is 4. The minimum Gasteiger partial charge on any atom is -0.480 e. The van der Waals surface area contributed by atoms with E-state index in [2.05, 4.69) is 10.1 Å². The van der Waals surface area contributed by atoms with Crippen LogP contribution in [0.1, 0.15) is 23.9 Å². The molecule has 0 amide bonds. The van der Waals surface area contributed by atoms with Gasteiger partial charge in [0.2, 0.25) is 0 Å². The van der Waals surface area contributed by atoms with Gasteiger partial charge in [-0.2, -0.15) is 18.3 Å². The fourth-order valence-electron chi connectivity index (χ4n) is 2.87. The predicted molar refractivity (Wildman–Crippen MR) is 79.4 cm³/mol. The monoisotopic (exact) mass is 376 g/mol. The van der Waals surface area contributed by atoms with Crippen molar-refractivity contribution < 1.29 is 23.1 Å². The summed E-state index contributed by atoms with van der Waals surface area (Å²) >= 11 is 5.81. The van der Waals surface area contributed by atoms with Crippen molar-refractivity contribution in [2.24, 2.45) is 5.92 Å². The molecule has 1 N–H and O–H groups in total. The number of carboxylic acids is 1. The molecule has 134 valence electrons. The van der Waals surface area contributed by atoms with Crippen LogP contribution >= 0.6 is 11.6 Å². The van der Waals surface area contributed by atoms with Gasteiger partial charge >= 0.3 is 17.8 Å². The van der Waals surface area contributed by atoms with Crippen molar-refractivity contribution in [3.8, 4) is 0 Å². The smallest absolute Gasteiger partial charge is 0.392 e. The number of carboxylic acid groups (broad SMARTS) is 1. The maximum atomic E-state index is 13.0. The van der Waals surface area contributed by atoms with E-state index in [4.69, 9.17) is 11.6 Å². The van der Waals surface area contributed by atoms with E-state index in [0.29, 0.717) is 10.6 Å². The molecular formula is C14H12ClF3N4O3. The van der Waals surface area contributed by atoms with Crippen molar-refractivity contribution in [1.29, 1.82) is 0 Å². The van der Waals surface area contributed by atoms with Gasteiger partial charge in [0.1, 0.15) is 11.9 Å². The lowest BCUT2D eigenvalue weighted by molar-refractivity contribution is -0.183. The summed E-state index contributed by atoms with van der Waals surface area (Å²) in [6.45, 7) is -0.0740. The van der Waals surface area contributed by atoms with Gasteiger partial charge in [-0.25, -0.2) is 14.3 Å². The molecule has 11 heteroatoms. The molecule has 0 bridgehead atoms. The van der Waals surface area contributed by atoms with Gasteiger partial charge in [0.25, 0.3) is 0 Å². The second kappa shape index (κ2) is 6.17. The molecule has 1 aliphatic heterocycles. The summed E-state index contributed by atoms with van der Waals surface area (Å²) in [5.74, 6) is -3.55. The average molecular weight is 377 g/mol. The Labute approximate surface area is 143 Å². The molecular weight excluding hydrogens is 365 g/mol. The molecule has 1 aliphatic rings. The average Bonchev–Trinajstić information content (AvgIpc) is 2.82. The number of hydrogen-bond acceptors (Lipinski definition) is 4.